The Balaban J connectivity index is 3.03. The van der Waals surface area contributed by atoms with Crippen LogP contribution in [0.25, 0.3) is 11.1 Å². The van der Waals surface area contributed by atoms with Gasteiger partial charge in [-0.05, 0) is 18.2 Å². The first-order valence-electron chi connectivity index (χ1n) is 6.17. The third-order valence-electron chi connectivity index (χ3n) is 3.15. The molecule has 0 fully saturated rings. The number of carboxylic acid groups (broad SMARTS) is 2. The van der Waals surface area contributed by atoms with E-state index in [0.717, 1.165) is 0 Å². The van der Waals surface area contributed by atoms with Crippen molar-refractivity contribution in [3.8, 4) is 22.6 Å². The van der Waals surface area contributed by atoms with E-state index in [0.29, 0.717) is 0 Å². The number of hydrogen-bond donors (Lipinski definition) is 5. The highest BCUT2D eigenvalue weighted by atomic mass is 16.5. The number of nitrogens with two attached hydrogens (primary N) is 1. The SMILES string of the molecule is COc1ccc(O)c(-c2c(C(=O)O)c(N)[nH]c(=O)c2C(=O)O)c1. The molecule has 0 aliphatic rings. The number of hydrogen-bond acceptors (Lipinski definition) is 6. The molecule has 0 saturated heterocycles. The smallest absolute Gasteiger partial charge is 0.342 e. The van der Waals surface area contributed by atoms with Crippen molar-refractivity contribution in [2.75, 3.05) is 12.8 Å². The molecule has 0 saturated carbocycles. The number of aromatic nitrogens is 1. The van der Waals surface area contributed by atoms with Gasteiger partial charge in [-0.15, -0.1) is 0 Å². The van der Waals surface area contributed by atoms with Crippen LogP contribution in [-0.4, -0.2) is 39.4 Å². The number of benzene rings is 1. The number of rotatable bonds is 4. The zero-order valence-corrected chi connectivity index (χ0v) is 11.8. The number of ether oxygens (including phenoxy) is 1. The Kier molecular flexibility index (Phi) is 3.95. The molecule has 0 atom stereocenters. The molecule has 9 heteroatoms. The summed E-state index contributed by atoms with van der Waals surface area (Å²) in [6.07, 6.45) is 0. The van der Waals surface area contributed by atoms with Crippen molar-refractivity contribution < 1.29 is 29.6 Å². The topological polar surface area (TPSA) is 163 Å². The zero-order chi connectivity index (χ0) is 17.3. The molecule has 1 heterocycles. The molecule has 0 aliphatic carbocycles. The Morgan fingerprint density at radius 2 is 1.78 bits per heavy atom. The van der Waals surface area contributed by atoms with Crippen LogP contribution in [0.4, 0.5) is 5.82 Å². The quantitative estimate of drug-likeness (QED) is 0.550. The van der Waals surface area contributed by atoms with Crippen molar-refractivity contribution in [2.45, 2.75) is 0 Å². The number of nitrogens with one attached hydrogen (secondary N) is 1. The minimum Gasteiger partial charge on any atom is -0.507 e. The van der Waals surface area contributed by atoms with Crippen LogP contribution < -0.4 is 16.0 Å². The lowest BCUT2D eigenvalue weighted by Gasteiger charge is -2.14. The Morgan fingerprint density at radius 1 is 1.17 bits per heavy atom. The van der Waals surface area contributed by atoms with Crippen molar-refractivity contribution in [3.05, 3.63) is 39.7 Å². The van der Waals surface area contributed by atoms with Gasteiger partial charge in [0, 0.05) is 11.1 Å². The standard InChI is InChI=1S/C14H12N2O7/c1-23-5-2-3-7(17)6(4-5)8-9(13(19)20)11(15)16-12(18)10(8)14(21)22/h2-4,17H,1H3,(H,19,20)(H,21,22)(H3,15,16,18). The number of nitrogen functional groups attached to an aromatic ring is 1. The number of carbonyl (C=O) groups is 2. The summed E-state index contributed by atoms with van der Waals surface area (Å²) < 4.78 is 4.97. The summed E-state index contributed by atoms with van der Waals surface area (Å²) in [5.41, 5.74) is 2.25. The molecule has 9 nitrogen and oxygen atoms in total. The number of aromatic carboxylic acids is 2. The van der Waals surface area contributed by atoms with Crippen LogP contribution in [0.1, 0.15) is 20.7 Å². The van der Waals surface area contributed by atoms with Gasteiger partial charge in [-0.2, -0.15) is 0 Å². The molecule has 2 rings (SSSR count). The molecule has 0 aliphatic heterocycles. The second-order valence-electron chi connectivity index (χ2n) is 4.49. The van der Waals surface area contributed by atoms with Crippen molar-refractivity contribution >= 4 is 17.8 Å². The number of aromatic hydroxyl groups is 1. The van der Waals surface area contributed by atoms with Crippen LogP contribution in [0.3, 0.4) is 0 Å². The van der Waals surface area contributed by atoms with Crippen LogP contribution in [0, 0.1) is 0 Å². The van der Waals surface area contributed by atoms with Gasteiger partial charge in [-0.25, -0.2) is 9.59 Å². The lowest BCUT2D eigenvalue weighted by molar-refractivity contribution is 0.0695. The molecule has 0 unspecified atom stereocenters. The van der Waals surface area contributed by atoms with Crippen LogP contribution >= 0.6 is 0 Å². The molecule has 2 aromatic rings. The van der Waals surface area contributed by atoms with Gasteiger partial charge < -0.3 is 30.8 Å². The van der Waals surface area contributed by atoms with Gasteiger partial charge in [0.15, 0.2) is 0 Å². The van der Waals surface area contributed by atoms with E-state index in [9.17, 15) is 29.7 Å². The van der Waals surface area contributed by atoms with Crippen molar-refractivity contribution in [1.82, 2.24) is 4.98 Å². The van der Waals surface area contributed by atoms with Crippen LogP contribution in [-0.2, 0) is 0 Å². The largest absolute Gasteiger partial charge is 0.507 e. The van der Waals surface area contributed by atoms with Gasteiger partial charge in [0.05, 0.1) is 7.11 Å². The normalized spacial score (nSPS) is 10.3. The van der Waals surface area contributed by atoms with Gasteiger partial charge in [-0.3, -0.25) is 4.79 Å². The molecule has 0 spiro atoms. The molecular weight excluding hydrogens is 308 g/mol. The van der Waals surface area contributed by atoms with Gasteiger partial charge >= 0.3 is 11.9 Å². The minimum absolute atomic E-state index is 0.197. The monoisotopic (exact) mass is 320 g/mol. The van der Waals surface area contributed by atoms with Crippen LogP contribution in [0.5, 0.6) is 11.5 Å². The first-order chi connectivity index (χ1) is 10.8. The van der Waals surface area contributed by atoms with E-state index in [1.807, 2.05) is 4.98 Å². The average Bonchev–Trinajstić information content (AvgIpc) is 2.46. The first-order valence-corrected chi connectivity index (χ1v) is 6.17. The predicted octanol–water partition coefficient (Wildman–Crippen LogP) is 0.735. The highest BCUT2D eigenvalue weighted by Crippen LogP contribution is 2.37. The van der Waals surface area contributed by atoms with Crippen molar-refractivity contribution in [3.63, 3.8) is 0 Å². The molecule has 1 aromatic carbocycles. The van der Waals surface area contributed by atoms with E-state index in [-0.39, 0.29) is 11.3 Å². The number of phenols is 1. The third kappa shape index (κ3) is 2.67. The third-order valence-corrected chi connectivity index (χ3v) is 3.15. The van der Waals surface area contributed by atoms with E-state index in [4.69, 9.17) is 10.5 Å². The second kappa shape index (κ2) is 5.72. The summed E-state index contributed by atoms with van der Waals surface area (Å²) in [5.74, 6) is -3.95. The number of carboxylic acids is 2. The van der Waals surface area contributed by atoms with E-state index in [1.54, 1.807) is 0 Å². The summed E-state index contributed by atoms with van der Waals surface area (Å²) in [6, 6.07) is 3.78. The summed E-state index contributed by atoms with van der Waals surface area (Å²) in [7, 11) is 1.33. The van der Waals surface area contributed by atoms with Gasteiger partial charge in [0.1, 0.15) is 28.4 Å². The van der Waals surface area contributed by atoms with Crippen LogP contribution in [0.2, 0.25) is 0 Å². The van der Waals surface area contributed by atoms with E-state index in [2.05, 4.69) is 0 Å². The highest BCUT2D eigenvalue weighted by molar-refractivity contribution is 6.08. The molecule has 0 bridgehead atoms. The maximum Gasteiger partial charge on any atom is 0.342 e. The van der Waals surface area contributed by atoms with Crippen molar-refractivity contribution in [2.24, 2.45) is 0 Å². The van der Waals surface area contributed by atoms with Crippen molar-refractivity contribution in [1.29, 1.82) is 0 Å². The maximum absolute atomic E-state index is 11.9. The Bertz CT molecular complexity index is 870. The maximum atomic E-state index is 11.9. The van der Waals surface area contributed by atoms with E-state index >= 15 is 0 Å². The van der Waals surface area contributed by atoms with Gasteiger partial charge in [0.2, 0.25) is 0 Å². The van der Waals surface area contributed by atoms with E-state index < -0.39 is 45.8 Å². The second-order valence-corrected chi connectivity index (χ2v) is 4.49. The Labute approximate surface area is 128 Å². The lowest BCUT2D eigenvalue weighted by Crippen LogP contribution is -2.24. The number of anilines is 1. The number of aromatic amines is 1. The van der Waals surface area contributed by atoms with E-state index in [1.165, 1.54) is 25.3 Å². The van der Waals surface area contributed by atoms with Gasteiger partial charge in [-0.1, -0.05) is 0 Å². The predicted molar refractivity (Wildman–Crippen MR) is 79.0 cm³/mol. The first kappa shape index (κ1) is 15.9. The minimum atomic E-state index is -1.66. The number of phenolic OH excluding ortho intramolecular Hbond substituents is 1. The lowest BCUT2D eigenvalue weighted by atomic mass is 9.94. The van der Waals surface area contributed by atoms with Gasteiger partial charge in [0.25, 0.3) is 5.56 Å². The summed E-state index contributed by atoms with van der Waals surface area (Å²) >= 11 is 0. The summed E-state index contributed by atoms with van der Waals surface area (Å²) in [4.78, 5) is 36.7. The molecule has 1 aromatic heterocycles. The number of H-pyrrole nitrogens is 1. The number of pyridine rings is 1. The summed E-state index contributed by atoms with van der Waals surface area (Å²) in [5, 5.41) is 28.6. The highest BCUT2D eigenvalue weighted by Gasteiger charge is 2.28. The zero-order valence-electron chi connectivity index (χ0n) is 11.8. The fraction of sp³-hybridized carbons (Fsp3) is 0.0714. The molecule has 23 heavy (non-hydrogen) atoms. The molecule has 120 valence electrons. The summed E-state index contributed by atoms with van der Waals surface area (Å²) in [6.45, 7) is 0. The molecule has 6 N–H and O–H groups in total. The average molecular weight is 320 g/mol. The Morgan fingerprint density at radius 3 is 2.30 bits per heavy atom. The van der Waals surface area contributed by atoms with Crippen LogP contribution in [0.15, 0.2) is 23.0 Å². The number of methoxy groups -OCH3 is 1. The molecular formula is C14H12N2O7. The Hall–Kier alpha value is -3.49. The fourth-order valence-electron chi connectivity index (χ4n) is 2.16. The molecule has 0 radical (unpaired) electrons. The fourth-order valence-corrected chi connectivity index (χ4v) is 2.16. The molecule has 0 amide bonds.